The first-order valence-corrected chi connectivity index (χ1v) is 3.02. The van der Waals surface area contributed by atoms with Crippen molar-refractivity contribution in [2.75, 3.05) is 0 Å². The van der Waals surface area contributed by atoms with Crippen molar-refractivity contribution in [1.82, 2.24) is 0 Å². The largest absolute Gasteiger partial charge is 0.368 e. The van der Waals surface area contributed by atoms with Gasteiger partial charge in [-0.15, -0.1) is 0 Å². The van der Waals surface area contributed by atoms with Crippen molar-refractivity contribution in [2.24, 2.45) is 0 Å². The van der Waals surface area contributed by atoms with Gasteiger partial charge >= 0.3 is 0 Å². The topological polar surface area (TPSA) is 63.6 Å². The van der Waals surface area contributed by atoms with E-state index in [-0.39, 0.29) is 6.42 Å². The second kappa shape index (κ2) is 2.48. The van der Waals surface area contributed by atoms with Gasteiger partial charge in [0.05, 0.1) is 6.42 Å². The molecule has 1 heterocycles. The molecule has 0 saturated carbocycles. The summed E-state index contributed by atoms with van der Waals surface area (Å²) in [5, 5.41) is 8.77. The van der Waals surface area contributed by atoms with Gasteiger partial charge in [0.1, 0.15) is 6.10 Å². The van der Waals surface area contributed by atoms with Gasteiger partial charge in [0.15, 0.2) is 6.29 Å². The molecule has 1 saturated heterocycles. The summed E-state index contributed by atoms with van der Waals surface area (Å²) in [5.74, 6) is -1.10. The van der Waals surface area contributed by atoms with Crippen molar-refractivity contribution < 1.29 is 19.4 Å². The molecule has 4 nitrogen and oxygen atoms in total. The fourth-order valence-corrected chi connectivity index (χ4v) is 0.831. The van der Waals surface area contributed by atoms with Gasteiger partial charge in [0.25, 0.3) is 0 Å². The third-order valence-corrected chi connectivity index (χ3v) is 1.37. The van der Waals surface area contributed by atoms with Gasteiger partial charge in [0.2, 0.25) is 11.6 Å². The molecule has 0 bridgehead atoms. The Hall–Kier alpha value is -0.740. The van der Waals surface area contributed by atoms with E-state index in [1.165, 1.54) is 6.92 Å². The number of hydrogen-bond acceptors (Lipinski definition) is 4. The zero-order valence-electron chi connectivity index (χ0n) is 5.53. The highest BCUT2D eigenvalue weighted by atomic mass is 16.6. The molecule has 0 aromatic heterocycles. The lowest BCUT2D eigenvalue weighted by atomic mass is 10.1. The molecule has 0 aromatic rings. The van der Waals surface area contributed by atoms with E-state index in [9.17, 15) is 9.59 Å². The Labute approximate surface area is 57.8 Å². The Morgan fingerprint density at radius 2 is 2.20 bits per heavy atom. The maximum Gasteiger partial charge on any atom is 0.227 e. The monoisotopic (exact) mass is 144 g/mol. The van der Waals surface area contributed by atoms with Gasteiger partial charge in [-0.1, -0.05) is 0 Å². The first kappa shape index (κ1) is 7.37. The molecule has 4 heteroatoms. The molecule has 0 radical (unpaired) electrons. The van der Waals surface area contributed by atoms with Crippen molar-refractivity contribution >= 4 is 11.6 Å². The van der Waals surface area contributed by atoms with E-state index < -0.39 is 24.0 Å². The maximum atomic E-state index is 10.7. The number of carbonyl (C=O) groups excluding carboxylic acids is 2. The van der Waals surface area contributed by atoms with Crippen LogP contribution in [-0.2, 0) is 14.3 Å². The molecular formula is C6H8O4. The lowest BCUT2D eigenvalue weighted by molar-refractivity contribution is -0.178. The predicted octanol–water partition coefficient (Wildman–Crippen LogP) is -0.748. The van der Waals surface area contributed by atoms with Crippen LogP contribution in [0, 0.1) is 0 Å². The quantitative estimate of drug-likeness (QED) is 0.454. The van der Waals surface area contributed by atoms with E-state index in [1.54, 1.807) is 0 Å². The van der Waals surface area contributed by atoms with Crippen molar-refractivity contribution in [2.45, 2.75) is 25.7 Å². The average molecular weight is 144 g/mol. The summed E-state index contributed by atoms with van der Waals surface area (Å²) in [6, 6.07) is 0. The third kappa shape index (κ3) is 1.22. The standard InChI is InChI=1S/C6H8O4/c1-3-6(9)4(7)2-5(8)10-3/h3,5,8H,2H2,1H3. The second-order valence-corrected chi connectivity index (χ2v) is 2.22. The summed E-state index contributed by atoms with van der Waals surface area (Å²) in [6.07, 6.45) is -2.08. The molecule has 56 valence electrons. The lowest BCUT2D eigenvalue weighted by Gasteiger charge is -2.20. The number of rotatable bonds is 0. The number of hydrogen-bond donors (Lipinski definition) is 1. The van der Waals surface area contributed by atoms with E-state index in [4.69, 9.17) is 5.11 Å². The van der Waals surface area contributed by atoms with Gasteiger partial charge in [-0.25, -0.2) is 0 Å². The van der Waals surface area contributed by atoms with Crippen molar-refractivity contribution in [3.63, 3.8) is 0 Å². The number of aliphatic hydroxyl groups excluding tert-OH is 1. The zero-order chi connectivity index (χ0) is 7.72. The van der Waals surface area contributed by atoms with Crippen LogP contribution in [0.15, 0.2) is 0 Å². The minimum Gasteiger partial charge on any atom is -0.368 e. The highest BCUT2D eigenvalue weighted by Gasteiger charge is 2.31. The molecule has 1 rings (SSSR count). The van der Waals surface area contributed by atoms with Gasteiger partial charge in [0, 0.05) is 0 Å². The normalized spacial score (nSPS) is 34.6. The Balaban J connectivity index is 2.66. The number of carbonyl (C=O) groups is 2. The highest BCUT2D eigenvalue weighted by Crippen LogP contribution is 2.10. The van der Waals surface area contributed by atoms with Crippen LogP contribution < -0.4 is 0 Å². The van der Waals surface area contributed by atoms with Crippen molar-refractivity contribution in [3.05, 3.63) is 0 Å². The number of ether oxygens (including phenoxy) is 1. The molecule has 1 aliphatic heterocycles. The zero-order valence-corrected chi connectivity index (χ0v) is 5.53. The molecule has 0 spiro atoms. The van der Waals surface area contributed by atoms with Crippen LogP contribution in [0.25, 0.3) is 0 Å². The summed E-state index contributed by atoms with van der Waals surface area (Å²) in [4.78, 5) is 21.3. The van der Waals surface area contributed by atoms with Crippen LogP contribution in [0.3, 0.4) is 0 Å². The molecule has 0 aromatic carbocycles. The first-order valence-electron chi connectivity index (χ1n) is 3.02. The Kier molecular flexibility index (Phi) is 1.82. The van der Waals surface area contributed by atoms with Crippen LogP contribution in [0.1, 0.15) is 13.3 Å². The summed E-state index contributed by atoms with van der Waals surface area (Å²) in [6.45, 7) is 1.45. The SMILES string of the molecule is CC1OC(O)CC(=O)C1=O. The molecule has 2 unspecified atom stereocenters. The van der Waals surface area contributed by atoms with Gasteiger partial charge < -0.3 is 9.84 Å². The predicted molar refractivity (Wildman–Crippen MR) is 31.2 cm³/mol. The number of Topliss-reactive ketones (excluding diaryl/α,β-unsaturated/α-hetero) is 2. The molecule has 2 atom stereocenters. The smallest absolute Gasteiger partial charge is 0.227 e. The molecular weight excluding hydrogens is 136 g/mol. The molecule has 0 amide bonds. The number of ketones is 2. The minimum atomic E-state index is -1.10. The average Bonchev–Trinajstić information content (AvgIpc) is 1.82. The van der Waals surface area contributed by atoms with E-state index in [2.05, 4.69) is 4.74 Å². The summed E-state index contributed by atoms with van der Waals surface area (Å²) < 4.78 is 4.65. The summed E-state index contributed by atoms with van der Waals surface area (Å²) in [5.41, 5.74) is 0. The fourth-order valence-electron chi connectivity index (χ4n) is 0.831. The van der Waals surface area contributed by atoms with Gasteiger partial charge in [-0.3, -0.25) is 9.59 Å². The Morgan fingerprint density at radius 3 is 2.70 bits per heavy atom. The van der Waals surface area contributed by atoms with Crippen LogP contribution in [-0.4, -0.2) is 29.1 Å². The highest BCUT2D eigenvalue weighted by molar-refractivity contribution is 6.39. The molecule has 1 N–H and O–H groups in total. The van der Waals surface area contributed by atoms with Gasteiger partial charge in [-0.05, 0) is 6.92 Å². The minimum absolute atomic E-state index is 0.205. The number of aliphatic hydroxyl groups is 1. The van der Waals surface area contributed by atoms with Crippen LogP contribution in [0.5, 0.6) is 0 Å². The summed E-state index contributed by atoms with van der Waals surface area (Å²) in [7, 11) is 0. The molecule has 0 aliphatic carbocycles. The maximum absolute atomic E-state index is 10.7. The molecule has 1 aliphatic rings. The molecule has 10 heavy (non-hydrogen) atoms. The fraction of sp³-hybridized carbons (Fsp3) is 0.667. The summed E-state index contributed by atoms with van der Waals surface area (Å²) >= 11 is 0. The van der Waals surface area contributed by atoms with Crippen LogP contribution in [0.2, 0.25) is 0 Å². The van der Waals surface area contributed by atoms with Crippen LogP contribution >= 0.6 is 0 Å². The van der Waals surface area contributed by atoms with E-state index in [0.29, 0.717) is 0 Å². The molecule has 1 fully saturated rings. The third-order valence-electron chi connectivity index (χ3n) is 1.37. The lowest BCUT2D eigenvalue weighted by Crippen LogP contribution is -2.40. The Morgan fingerprint density at radius 1 is 1.60 bits per heavy atom. The Bertz CT molecular complexity index is 175. The van der Waals surface area contributed by atoms with Crippen molar-refractivity contribution in [3.8, 4) is 0 Å². The van der Waals surface area contributed by atoms with E-state index >= 15 is 0 Å². The van der Waals surface area contributed by atoms with Gasteiger partial charge in [-0.2, -0.15) is 0 Å². The van der Waals surface area contributed by atoms with Crippen molar-refractivity contribution in [1.29, 1.82) is 0 Å². The first-order chi connectivity index (χ1) is 4.61. The van der Waals surface area contributed by atoms with E-state index in [0.717, 1.165) is 0 Å². The second-order valence-electron chi connectivity index (χ2n) is 2.22. The van der Waals surface area contributed by atoms with E-state index in [1.807, 2.05) is 0 Å². The van der Waals surface area contributed by atoms with Crippen LogP contribution in [0.4, 0.5) is 0 Å².